The van der Waals surface area contributed by atoms with E-state index in [0.29, 0.717) is 22.8 Å². The van der Waals surface area contributed by atoms with Crippen LogP contribution in [0.4, 0.5) is 18.9 Å². The first-order valence-electron chi connectivity index (χ1n) is 7.38. The highest BCUT2D eigenvalue weighted by atomic mass is 19.4. The molecule has 3 rings (SSSR count). The predicted molar refractivity (Wildman–Crippen MR) is 87.4 cm³/mol. The SMILES string of the molecule is O=Cc1cn(CC(=O)Nc2cccc(C(F)(F)F)c2)c2ccccc12. The van der Waals surface area contributed by atoms with Crippen molar-refractivity contribution in [3.8, 4) is 0 Å². The highest BCUT2D eigenvalue weighted by Gasteiger charge is 2.30. The minimum absolute atomic E-state index is 0.0619. The third kappa shape index (κ3) is 3.55. The lowest BCUT2D eigenvalue weighted by Crippen LogP contribution is -2.18. The number of hydrogen-bond acceptors (Lipinski definition) is 2. The van der Waals surface area contributed by atoms with E-state index in [-0.39, 0.29) is 12.2 Å². The number of nitrogens with zero attached hydrogens (tertiary/aromatic N) is 1. The van der Waals surface area contributed by atoms with E-state index in [0.717, 1.165) is 12.1 Å². The lowest BCUT2D eigenvalue weighted by Gasteiger charge is -2.10. The number of aromatic nitrogens is 1. The maximum absolute atomic E-state index is 12.7. The summed E-state index contributed by atoms with van der Waals surface area (Å²) in [5.41, 5.74) is 0.373. The Kier molecular flexibility index (Phi) is 4.31. The molecular weight excluding hydrogens is 333 g/mol. The van der Waals surface area contributed by atoms with Crippen LogP contribution in [0.2, 0.25) is 0 Å². The monoisotopic (exact) mass is 346 g/mol. The topological polar surface area (TPSA) is 51.1 Å². The first-order chi connectivity index (χ1) is 11.9. The highest BCUT2D eigenvalue weighted by molar-refractivity contribution is 5.99. The summed E-state index contributed by atoms with van der Waals surface area (Å²) in [7, 11) is 0. The van der Waals surface area contributed by atoms with Crippen LogP contribution in [0.25, 0.3) is 10.9 Å². The van der Waals surface area contributed by atoms with E-state index in [1.165, 1.54) is 12.1 Å². The molecule has 0 spiro atoms. The van der Waals surface area contributed by atoms with Gasteiger partial charge >= 0.3 is 6.18 Å². The number of carbonyl (C=O) groups excluding carboxylic acids is 2. The zero-order valence-electron chi connectivity index (χ0n) is 12.9. The largest absolute Gasteiger partial charge is 0.416 e. The van der Waals surface area contributed by atoms with Crippen LogP contribution in [0, 0.1) is 0 Å². The number of benzene rings is 2. The summed E-state index contributed by atoms with van der Waals surface area (Å²) in [6.07, 6.45) is -2.23. The Labute approximate surface area is 140 Å². The lowest BCUT2D eigenvalue weighted by atomic mass is 10.2. The zero-order valence-corrected chi connectivity index (χ0v) is 12.9. The Morgan fingerprint density at radius 2 is 1.88 bits per heavy atom. The number of carbonyl (C=O) groups is 2. The van der Waals surface area contributed by atoms with Gasteiger partial charge in [0.25, 0.3) is 0 Å². The number of hydrogen-bond donors (Lipinski definition) is 1. The van der Waals surface area contributed by atoms with Crippen molar-refractivity contribution < 1.29 is 22.8 Å². The molecule has 0 unspecified atom stereocenters. The number of nitrogens with one attached hydrogen (secondary N) is 1. The molecule has 0 saturated carbocycles. The number of anilines is 1. The van der Waals surface area contributed by atoms with Crippen molar-refractivity contribution in [3.05, 3.63) is 65.9 Å². The van der Waals surface area contributed by atoms with Gasteiger partial charge in [-0.1, -0.05) is 24.3 Å². The third-order valence-electron chi connectivity index (χ3n) is 3.73. The van der Waals surface area contributed by atoms with Crippen molar-refractivity contribution in [2.24, 2.45) is 0 Å². The molecule has 1 heterocycles. The van der Waals surface area contributed by atoms with E-state index in [1.807, 2.05) is 0 Å². The van der Waals surface area contributed by atoms with Gasteiger partial charge in [0, 0.05) is 28.4 Å². The fourth-order valence-electron chi connectivity index (χ4n) is 2.63. The van der Waals surface area contributed by atoms with Gasteiger partial charge in [-0.3, -0.25) is 9.59 Å². The van der Waals surface area contributed by atoms with Crippen LogP contribution < -0.4 is 5.32 Å². The summed E-state index contributed by atoms with van der Waals surface area (Å²) in [5.74, 6) is -0.488. The van der Waals surface area contributed by atoms with Crippen LogP contribution in [0.1, 0.15) is 15.9 Å². The van der Waals surface area contributed by atoms with Crippen molar-refractivity contribution in [1.29, 1.82) is 0 Å². The molecule has 3 aromatic rings. The quantitative estimate of drug-likeness (QED) is 0.723. The van der Waals surface area contributed by atoms with Crippen molar-refractivity contribution in [3.63, 3.8) is 0 Å². The molecule has 0 aliphatic carbocycles. The van der Waals surface area contributed by atoms with Gasteiger partial charge in [0.15, 0.2) is 6.29 Å². The fourth-order valence-corrected chi connectivity index (χ4v) is 2.63. The number of para-hydroxylation sites is 1. The Balaban J connectivity index is 1.81. The molecule has 0 aliphatic rings. The van der Waals surface area contributed by atoms with Crippen molar-refractivity contribution in [1.82, 2.24) is 4.57 Å². The summed E-state index contributed by atoms with van der Waals surface area (Å²) < 4.78 is 39.7. The molecule has 2 aromatic carbocycles. The first kappa shape index (κ1) is 16.8. The van der Waals surface area contributed by atoms with Crippen molar-refractivity contribution >= 4 is 28.8 Å². The van der Waals surface area contributed by atoms with Crippen LogP contribution in [-0.2, 0) is 17.5 Å². The fraction of sp³-hybridized carbons (Fsp3) is 0.111. The average molecular weight is 346 g/mol. The molecule has 1 amide bonds. The summed E-state index contributed by atoms with van der Waals surface area (Å²) in [4.78, 5) is 23.3. The Morgan fingerprint density at radius 3 is 2.60 bits per heavy atom. The number of amides is 1. The second-order valence-electron chi connectivity index (χ2n) is 5.47. The Morgan fingerprint density at radius 1 is 1.12 bits per heavy atom. The van der Waals surface area contributed by atoms with E-state index >= 15 is 0 Å². The lowest BCUT2D eigenvalue weighted by molar-refractivity contribution is -0.137. The van der Waals surface area contributed by atoms with Gasteiger partial charge in [0.1, 0.15) is 6.54 Å². The van der Waals surface area contributed by atoms with Crippen LogP contribution in [0.5, 0.6) is 0 Å². The first-order valence-corrected chi connectivity index (χ1v) is 7.38. The summed E-state index contributed by atoms with van der Waals surface area (Å²) >= 11 is 0. The molecule has 1 N–H and O–H groups in total. The molecular formula is C18H13F3N2O2. The molecule has 0 bridgehead atoms. The second-order valence-corrected chi connectivity index (χ2v) is 5.47. The number of rotatable bonds is 4. The molecule has 0 fully saturated rings. The third-order valence-corrected chi connectivity index (χ3v) is 3.73. The van der Waals surface area contributed by atoms with E-state index in [9.17, 15) is 22.8 Å². The van der Waals surface area contributed by atoms with Crippen LogP contribution >= 0.6 is 0 Å². The highest BCUT2D eigenvalue weighted by Crippen LogP contribution is 2.30. The van der Waals surface area contributed by atoms with Crippen LogP contribution in [-0.4, -0.2) is 16.8 Å². The normalized spacial score (nSPS) is 11.5. The van der Waals surface area contributed by atoms with Crippen molar-refractivity contribution in [2.75, 3.05) is 5.32 Å². The minimum atomic E-state index is -4.48. The maximum atomic E-state index is 12.7. The molecule has 1 aromatic heterocycles. The smallest absolute Gasteiger partial charge is 0.337 e. The van der Waals surface area contributed by atoms with Gasteiger partial charge in [-0.25, -0.2) is 0 Å². The molecule has 0 saturated heterocycles. The minimum Gasteiger partial charge on any atom is -0.337 e. The number of aldehydes is 1. The molecule has 4 nitrogen and oxygen atoms in total. The molecule has 0 atom stereocenters. The van der Waals surface area contributed by atoms with E-state index in [1.54, 1.807) is 35.0 Å². The van der Waals surface area contributed by atoms with E-state index in [4.69, 9.17) is 0 Å². The van der Waals surface area contributed by atoms with E-state index < -0.39 is 17.6 Å². The molecule has 128 valence electrons. The van der Waals surface area contributed by atoms with Gasteiger partial charge in [0.05, 0.1) is 5.56 Å². The number of fused-ring (bicyclic) bond motifs is 1. The van der Waals surface area contributed by atoms with Crippen LogP contribution in [0.3, 0.4) is 0 Å². The summed E-state index contributed by atoms with van der Waals surface area (Å²) in [6, 6.07) is 11.5. The molecule has 25 heavy (non-hydrogen) atoms. The Bertz CT molecular complexity index is 945. The Hall–Kier alpha value is -3.09. The number of halogens is 3. The molecule has 0 radical (unpaired) electrons. The molecule has 0 aliphatic heterocycles. The number of alkyl halides is 3. The van der Waals surface area contributed by atoms with Gasteiger partial charge in [-0.05, 0) is 24.3 Å². The van der Waals surface area contributed by atoms with Gasteiger partial charge in [-0.15, -0.1) is 0 Å². The van der Waals surface area contributed by atoms with Gasteiger partial charge in [0.2, 0.25) is 5.91 Å². The second kappa shape index (κ2) is 6.43. The summed E-state index contributed by atoms with van der Waals surface area (Å²) in [6.45, 7) is -0.120. The maximum Gasteiger partial charge on any atom is 0.416 e. The predicted octanol–water partition coefficient (Wildman–Crippen LogP) is 4.11. The van der Waals surface area contributed by atoms with Gasteiger partial charge < -0.3 is 9.88 Å². The zero-order chi connectivity index (χ0) is 18.0. The average Bonchev–Trinajstić information content (AvgIpc) is 2.92. The van der Waals surface area contributed by atoms with Crippen LogP contribution in [0.15, 0.2) is 54.7 Å². The van der Waals surface area contributed by atoms with Gasteiger partial charge in [-0.2, -0.15) is 13.2 Å². The van der Waals surface area contributed by atoms with E-state index in [2.05, 4.69) is 5.32 Å². The molecule has 7 heteroatoms. The standard InChI is InChI=1S/C18H13F3N2O2/c19-18(20,21)13-4-3-5-14(8-13)22-17(25)10-23-9-12(11-24)15-6-1-2-7-16(15)23/h1-9,11H,10H2,(H,22,25). The summed E-state index contributed by atoms with van der Waals surface area (Å²) in [5, 5.41) is 3.16. The van der Waals surface area contributed by atoms with Crippen molar-refractivity contribution in [2.45, 2.75) is 12.7 Å².